The van der Waals surface area contributed by atoms with E-state index >= 15 is 0 Å². The zero-order valence-electron chi connectivity index (χ0n) is 16.6. The first kappa shape index (κ1) is 21.7. The molecule has 0 radical (unpaired) electrons. The third-order valence-electron chi connectivity index (χ3n) is 4.84. The average Bonchev–Trinajstić information content (AvgIpc) is 2.66. The molecule has 2 rings (SSSR count). The van der Waals surface area contributed by atoms with E-state index in [2.05, 4.69) is 73.8 Å². The van der Waals surface area contributed by atoms with Crippen LogP contribution in [0.25, 0.3) is 0 Å². The molecule has 6 nitrogen and oxygen atoms in total. The number of carbonyl (C=O) groups is 1. The minimum atomic E-state index is 0.130. The number of nitrogens with zero attached hydrogens (tertiary/aromatic N) is 2. The fourth-order valence-electron chi connectivity index (χ4n) is 3.18. The number of guanidine groups is 1. The zero-order chi connectivity index (χ0) is 19.6. The van der Waals surface area contributed by atoms with Crippen LogP contribution in [-0.2, 0) is 11.3 Å². The number of rotatable bonds is 7. The minimum Gasteiger partial charge on any atom is -0.355 e. The molecule has 0 atom stereocenters. The zero-order valence-corrected chi connectivity index (χ0v) is 18.2. The summed E-state index contributed by atoms with van der Waals surface area (Å²) in [4.78, 5) is 18.4. The van der Waals surface area contributed by atoms with Gasteiger partial charge >= 0.3 is 0 Å². The molecule has 1 amide bonds. The predicted octanol–water partition coefficient (Wildman–Crippen LogP) is 2.41. The molecule has 150 valence electrons. The van der Waals surface area contributed by atoms with Gasteiger partial charge in [-0.1, -0.05) is 28.9 Å². The van der Waals surface area contributed by atoms with Gasteiger partial charge in [-0.05, 0) is 49.4 Å². The van der Waals surface area contributed by atoms with Crippen molar-refractivity contribution in [3.8, 4) is 0 Å². The quantitative estimate of drug-likeness (QED) is 0.452. The number of hydrogen-bond acceptors (Lipinski definition) is 3. The lowest BCUT2D eigenvalue weighted by atomic mass is 10.1. The lowest BCUT2D eigenvalue weighted by Gasteiger charge is -2.32. The van der Waals surface area contributed by atoms with Crippen molar-refractivity contribution in [1.82, 2.24) is 20.9 Å². The van der Waals surface area contributed by atoms with E-state index in [0.717, 1.165) is 55.9 Å². The average molecular weight is 438 g/mol. The molecule has 0 spiro atoms. The molecule has 1 heterocycles. The topological polar surface area (TPSA) is 68.8 Å². The second-order valence-electron chi connectivity index (χ2n) is 7.04. The van der Waals surface area contributed by atoms with Crippen LogP contribution < -0.4 is 16.0 Å². The maximum Gasteiger partial charge on any atom is 0.234 e. The van der Waals surface area contributed by atoms with E-state index in [1.807, 2.05) is 0 Å². The van der Waals surface area contributed by atoms with Crippen molar-refractivity contribution >= 4 is 27.8 Å². The number of aryl methyl sites for hydroxylation is 1. The molecule has 1 fully saturated rings. The first-order chi connectivity index (χ1) is 13.0. The van der Waals surface area contributed by atoms with E-state index in [0.29, 0.717) is 12.6 Å². The van der Waals surface area contributed by atoms with E-state index < -0.39 is 0 Å². The smallest absolute Gasteiger partial charge is 0.234 e. The van der Waals surface area contributed by atoms with Crippen molar-refractivity contribution in [3.63, 3.8) is 0 Å². The summed E-state index contributed by atoms with van der Waals surface area (Å²) < 4.78 is 1.10. The monoisotopic (exact) mass is 437 g/mol. The molecular formula is C20H32BrN5O. The first-order valence-corrected chi connectivity index (χ1v) is 10.5. The Kier molecular flexibility index (Phi) is 9.07. The van der Waals surface area contributed by atoms with E-state index in [-0.39, 0.29) is 5.91 Å². The SMILES string of the molecule is CCCNC(=O)CN1CCC(NC(=NC)NCc2ccc(Br)cc2C)CC1. The van der Waals surface area contributed by atoms with E-state index in [1.165, 1.54) is 11.1 Å². The number of piperidine rings is 1. The fraction of sp³-hybridized carbons (Fsp3) is 0.600. The highest BCUT2D eigenvalue weighted by Crippen LogP contribution is 2.15. The van der Waals surface area contributed by atoms with Crippen molar-refractivity contribution < 1.29 is 4.79 Å². The van der Waals surface area contributed by atoms with Crippen molar-refractivity contribution in [1.29, 1.82) is 0 Å². The molecule has 7 heteroatoms. The summed E-state index contributed by atoms with van der Waals surface area (Å²) in [7, 11) is 1.80. The van der Waals surface area contributed by atoms with Crippen molar-refractivity contribution in [2.24, 2.45) is 4.99 Å². The molecule has 0 aromatic heterocycles. The van der Waals surface area contributed by atoms with Gasteiger partial charge in [0.25, 0.3) is 0 Å². The van der Waals surface area contributed by atoms with Crippen LogP contribution >= 0.6 is 15.9 Å². The third kappa shape index (κ3) is 7.50. The molecule has 1 saturated heterocycles. The van der Waals surface area contributed by atoms with Crippen LogP contribution in [0, 0.1) is 6.92 Å². The van der Waals surface area contributed by atoms with Crippen molar-refractivity contribution in [2.75, 3.05) is 33.2 Å². The van der Waals surface area contributed by atoms with Gasteiger partial charge in [0.05, 0.1) is 6.54 Å². The largest absolute Gasteiger partial charge is 0.355 e. The van der Waals surface area contributed by atoms with Crippen LogP contribution in [0.4, 0.5) is 0 Å². The highest BCUT2D eigenvalue weighted by molar-refractivity contribution is 9.10. The van der Waals surface area contributed by atoms with Crippen molar-refractivity contribution in [3.05, 3.63) is 33.8 Å². The summed E-state index contributed by atoms with van der Waals surface area (Å²) in [5.74, 6) is 0.960. The second-order valence-corrected chi connectivity index (χ2v) is 7.96. The number of nitrogens with one attached hydrogen (secondary N) is 3. The number of amides is 1. The molecule has 0 bridgehead atoms. The third-order valence-corrected chi connectivity index (χ3v) is 5.34. The van der Waals surface area contributed by atoms with E-state index in [1.54, 1.807) is 7.05 Å². The first-order valence-electron chi connectivity index (χ1n) is 9.73. The Morgan fingerprint density at radius 1 is 1.30 bits per heavy atom. The normalized spacial score (nSPS) is 16.2. The number of likely N-dealkylation sites (tertiary alicyclic amines) is 1. The Bertz CT molecular complexity index is 641. The Balaban J connectivity index is 1.73. The van der Waals surface area contributed by atoms with Crippen LogP contribution in [0.5, 0.6) is 0 Å². The second kappa shape index (κ2) is 11.3. The fourth-order valence-corrected chi connectivity index (χ4v) is 3.66. The van der Waals surface area contributed by atoms with Gasteiger partial charge in [0.1, 0.15) is 0 Å². The van der Waals surface area contributed by atoms with Gasteiger partial charge in [-0.3, -0.25) is 14.7 Å². The lowest BCUT2D eigenvalue weighted by Crippen LogP contribution is -2.50. The lowest BCUT2D eigenvalue weighted by molar-refractivity contribution is -0.122. The van der Waals surface area contributed by atoms with Gasteiger partial charge in [0.15, 0.2) is 5.96 Å². The molecule has 0 unspecified atom stereocenters. The molecule has 0 aliphatic carbocycles. The number of carbonyl (C=O) groups excluding carboxylic acids is 1. The molecule has 1 aromatic rings. The van der Waals surface area contributed by atoms with E-state index in [9.17, 15) is 4.79 Å². The van der Waals surface area contributed by atoms with Crippen LogP contribution in [-0.4, -0.2) is 56.0 Å². The summed E-state index contributed by atoms with van der Waals surface area (Å²) in [6, 6.07) is 6.70. The predicted molar refractivity (Wildman–Crippen MR) is 115 cm³/mol. The summed E-state index contributed by atoms with van der Waals surface area (Å²) in [5.41, 5.74) is 2.51. The standard InChI is InChI=1S/C20H32BrN5O/c1-4-9-23-19(27)14-26-10-7-18(8-11-26)25-20(22-3)24-13-16-5-6-17(21)12-15(16)2/h5-6,12,18H,4,7-11,13-14H2,1-3H3,(H,23,27)(H2,22,24,25). The molecule has 1 aromatic carbocycles. The molecule has 0 saturated carbocycles. The Morgan fingerprint density at radius 3 is 2.67 bits per heavy atom. The molecule has 3 N–H and O–H groups in total. The van der Waals surface area contributed by atoms with Crippen LogP contribution in [0.3, 0.4) is 0 Å². The minimum absolute atomic E-state index is 0.130. The molecular weight excluding hydrogens is 406 g/mol. The van der Waals surface area contributed by atoms with Crippen molar-refractivity contribution in [2.45, 2.75) is 45.7 Å². The van der Waals surface area contributed by atoms with Gasteiger partial charge in [0, 0.05) is 43.7 Å². The molecule has 1 aliphatic heterocycles. The van der Waals surface area contributed by atoms with Gasteiger partial charge in [0.2, 0.25) is 5.91 Å². The molecule has 1 aliphatic rings. The van der Waals surface area contributed by atoms with Gasteiger partial charge in [-0.25, -0.2) is 0 Å². The number of halogens is 1. The van der Waals surface area contributed by atoms with Crippen LogP contribution in [0.2, 0.25) is 0 Å². The summed E-state index contributed by atoms with van der Waals surface area (Å²) >= 11 is 3.50. The highest BCUT2D eigenvalue weighted by Gasteiger charge is 2.21. The maximum absolute atomic E-state index is 11.8. The summed E-state index contributed by atoms with van der Waals surface area (Å²) in [5, 5.41) is 9.87. The molecule has 27 heavy (non-hydrogen) atoms. The van der Waals surface area contributed by atoms with E-state index in [4.69, 9.17) is 0 Å². The Hall–Kier alpha value is -1.60. The Labute approximate surface area is 171 Å². The maximum atomic E-state index is 11.8. The van der Waals surface area contributed by atoms with Gasteiger partial charge in [-0.15, -0.1) is 0 Å². The summed E-state index contributed by atoms with van der Waals surface area (Å²) in [6.45, 7) is 8.05. The summed E-state index contributed by atoms with van der Waals surface area (Å²) in [6.07, 6.45) is 3.00. The Morgan fingerprint density at radius 2 is 2.04 bits per heavy atom. The number of aliphatic imine (C=N–C) groups is 1. The van der Waals surface area contributed by atoms with Crippen LogP contribution in [0.15, 0.2) is 27.7 Å². The van der Waals surface area contributed by atoms with Crippen LogP contribution in [0.1, 0.15) is 37.3 Å². The number of benzene rings is 1. The van der Waals surface area contributed by atoms with Gasteiger partial charge < -0.3 is 16.0 Å². The highest BCUT2D eigenvalue weighted by atomic mass is 79.9. The van der Waals surface area contributed by atoms with Gasteiger partial charge in [-0.2, -0.15) is 0 Å². The number of hydrogen-bond donors (Lipinski definition) is 3.